The number of aromatic nitrogens is 5. The molecule has 0 fully saturated rings. The number of fused-ring (bicyclic) bond motifs is 1. The van der Waals surface area contributed by atoms with Crippen LogP contribution in [0, 0.1) is 6.92 Å². The van der Waals surface area contributed by atoms with E-state index in [1.165, 1.54) is 0 Å². The van der Waals surface area contributed by atoms with Gasteiger partial charge in [0.25, 0.3) is 5.91 Å². The zero-order valence-electron chi connectivity index (χ0n) is 14.9. The Morgan fingerprint density at radius 1 is 1.11 bits per heavy atom. The third-order valence-electron chi connectivity index (χ3n) is 4.36. The van der Waals surface area contributed by atoms with Crippen molar-refractivity contribution in [3.05, 3.63) is 81.5 Å². The maximum Gasteiger partial charge on any atom is 0.256 e. The van der Waals surface area contributed by atoms with E-state index in [1.54, 1.807) is 17.7 Å². The van der Waals surface area contributed by atoms with Crippen molar-refractivity contribution in [3.63, 3.8) is 0 Å². The lowest BCUT2D eigenvalue weighted by molar-refractivity contribution is 0.0949. The van der Waals surface area contributed by atoms with Crippen molar-refractivity contribution in [2.75, 3.05) is 0 Å². The van der Waals surface area contributed by atoms with Gasteiger partial charge in [-0.05, 0) is 30.7 Å². The van der Waals surface area contributed by atoms with Crippen molar-refractivity contribution in [1.82, 2.24) is 29.7 Å². The highest BCUT2D eigenvalue weighted by Gasteiger charge is 2.21. The number of benzene rings is 1. The Morgan fingerprint density at radius 3 is 2.71 bits per heavy atom. The summed E-state index contributed by atoms with van der Waals surface area (Å²) in [5, 5.41) is 16.3. The van der Waals surface area contributed by atoms with Crippen LogP contribution in [0.25, 0.3) is 5.65 Å². The van der Waals surface area contributed by atoms with Gasteiger partial charge in [-0.2, -0.15) is 5.10 Å². The number of hydrogen-bond acceptors (Lipinski definition) is 4. The van der Waals surface area contributed by atoms with Crippen LogP contribution in [-0.4, -0.2) is 30.3 Å². The third kappa shape index (κ3) is 3.46. The molecule has 0 aliphatic rings. The first-order valence-electron chi connectivity index (χ1n) is 8.57. The van der Waals surface area contributed by atoms with E-state index in [-0.39, 0.29) is 17.6 Å². The van der Waals surface area contributed by atoms with Gasteiger partial charge in [0.2, 0.25) is 0 Å². The number of amides is 1. The minimum Gasteiger partial charge on any atom is -0.345 e. The molecule has 1 aromatic carbocycles. The van der Waals surface area contributed by atoms with Gasteiger partial charge in [0.05, 0.1) is 24.3 Å². The summed E-state index contributed by atoms with van der Waals surface area (Å²) in [7, 11) is 0. The fourth-order valence-corrected chi connectivity index (χ4v) is 3.48. The van der Waals surface area contributed by atoms with E-state index in [9.17, 15) is 4.79 Å². The first-order valence-corrected chi connectivity index (χ1v) is 9.33. The normalized spacial score (nSPS) is 11.1. The van der Waals surface area contributed by atoms with Crippen molar-refractivity contribution < 1.29 is 4.79 Å². The molecule has 0 radical (unpaired) electrons. The molecule has 9 heteroatoms. The predicted octanol–water partition coefficient (Wildman–Crippen LogP) is 3.52. The van der Waals surface area contributed by atoms with Crippen molar-refractivity contribution in [3.8, 4) is 0 Å². The van der Waals surface area contributed by atoms with Crippen molar-refractivity contribution in [1.29, 1.82) is 0 Å². The minimum absolute atomic E-state index is 0.218. The molecule has 3 heterocycles. The second-order valence-electron chi connectivity index (χ2n) is 6.23. The molecule has 0 bridgehead atoms. The van der Waals surface area contributed by atoms with E-state index in [4.69, 9.17) is 23.2 Å². The third-order valence-corrected chi connectivity index (χ3v) is 5.11. The molecule has 1 N–H and O–H groups in total. The molecule has 0 saturated carbocycles. The molecule has 3 aromatic heterocycles. The van der Waals surface area contributed by atoms with Crippen LogP contribution in [0.3, 0.4) is 0 Å². The number of rotatable bonds is 5. The fourth-order valence-electron chi connectivity index (χ4n) is 2.96. The van der Waals surface area contributed by atoms with Gasteiger partial charge in [-0.3, -0.25) is 9.20 Å². The Hall–Kier alpha value is -2.90. The summed E-state index contributed by atoms with van der Waals surface area (Å²) in [6.07, 6.45) is 1.84. The van der Waals surface area contributed by atoms with Crippen molar-refractivity contribution in [2.24, 2.45) is 0 Å². The monoisotopic (exact) mass is 414 g/mol. The quantitative estimate of drug-likeness (QED) is 0.541. The van der Waals surface area contributed by atoms with Gasteiger partial charge >= 0.3 is 0 Å². The lowest BCUT2D eigenvalue weighted by atomic mass is 10.2. The Bertz CT molecular complexity index is 1170. The highest BCUT2D eigenvalue weighted by atomic mass is 35.5. The van der Waals surface area contributed by atoms with E-state index in [1.807, 2.05) is 47.0 Å². The van der Waals surface area contributed by atoms with Crippen LogP contribution in [0.1, 0.15) is 27.4 Å². The van der Waals surface area contributed by atoms with Crippen LogP contribution in [-0.2, 0) is 13.1 Å². The smallest absolute Gasteiger partial charge is 0.256 e. The number of carbonyl (C=O) groups excluding carboxylic acids is 1. The molecule has 7 nitrogen and oxygen atoms in total. The molecule has 142 valence electrons. The fraction of sp³-hybridized carbons (Fsp3) is 0.158. The lowest BCUT2D eigenvalue weighted by Gasteiger charge is -2.06. The SMILES string of the molecule is Cc1nn(Cc2ccccc2Cl)c(Cl)c1C(=O)NCc1nnc2ccccn12. The number of hydrogen-bond donors (Lipinski definition) is 1. The number of halogens is 2. The van der Waals surface area contributed by atoms with Gasteiger partial charge in [-0.15, -0.1) is 10.2 Å². The molecule has 0 aliphatic carbocycles. The van der Waals surface area contributed by atoms with Gasteiger partial charge in [0.15, 0.2) is 11.5 Å². The first-order chi connectivity index (χ1) is 13.5. The van der Waals surface area contributed by atoms with E-state index in [2.05, 4.69) is 20.6 Å². The minimum atomic E-state index is -0.319. The first kappa shape index (κ1) is 18.5. The second-order valence-corrected chi connectivity index (χ2v) is 6.99. The number of nitrogens with zero attached hydrogens (tertiary/aromatic N) is 5. The molecule has 0 spiro atoms. The molecular weight excluding hydrogens is 399 g/mol. The van der Waals surface area contributed by atoms with E-state index in [0.29, 0.717) is 34.3 Å². The molecule has 1 amide bonds. The lowest BCUT2D eigenvalue weighted by Crippen LogP contribution is -2.24. The van der Waals surface area contributed by atoms with Crippen LogP contribution in [0.5, 0.6) is 0 Å². The molecule has 28 heavy (non-hydrogen) atoms. The van der Waals surface area contributed by atoms with Crippen molar-refractivity contribution in [2.45, 2.75) is 20.0 Å². The molecule has 0 unspecified atom stereocenters. The summed E-state index contributed by atoms with van der Waals surface area (Å²) < 4.78 is 3.38. The molecule has 4 aromatic rings. The molecule has 0 atom stereocenters. The molecule has 0 aliphatic heterocycles. The summed E-state index contributed by atoms with van der Waals surface area (Å²) in [6, 6.07) is 13.0. The highest BCUT2D eigenvalue weighted by Crippen LogP contribution is 2.23. The van der Waals surface area contributed by atoms with Gasteiger partial charge in [-0.25, -0.2) is 4.68 Å². The largest absolute Gasteiger partial charge is 0.345 e. The molecular formula is C19H16Cl2N6O. The molecule has 4 rings (SSSR count). The Kier molecular flexibility index (Phi) is 5.02. The van der Waals surface area contributed by atoms with E-state index in [0.717, 1.165) is 5.56 Å². The van der Waals surface area contributed by atoms with Crippen LogP contribution in [0.15, 0.2) is 48.7 Å². The average Bonchev–Trinajstić information content (AvgIpc) is 3.22. The highest BCUT2D eigenvalue weighted by molar-refractivity contribution is 6.33. The second kappa shape index (κ2) is 7.61. The number of pyridine rings is 1. The van der Waals surface area contributed by atoms with Crippen LogP contribution >= 0.6 is 23.2 Å². The zero-order chi connectivity index (χ0) is 19.7. The van der Waals surface area contributed by atoms with E-state index < -0.39 is 0 Å². The van der Waals surface area contributed by atoms with Crippen LogP contribution < -0.4 is 5.32 Å². The maximum atomic E-state index is 12.7. The maximum absolute atomic E-state index is 12.7. The number of aryl methyl sites for hydroxylation is 1. The average molecular weight is 415 g/mol. The van der Waals surface area contributed by atoms with Crippen LogP contribution in [0.4, 0.5) is 0 Å². The Labute approximate surface area is 170 Å². The number of nitrogens with one attached hydrogen (secondary N) is 1. The van der Waals surface area contributed by atoms with Gasteiger partial charge in [0, 0.05) is 11.2 Å². The van der Waals surface area contributed by atoms with Gasteiger partial charge in [-0.1, -0.05) is 47.5 Å². The van der Waals surface area contributed by atoms with Gasteiger partial charge < -0.3 is 5.32 Å². The predicted molar refractivity (Wildman–Crippen MR) is 107 cm³/mol. The standard InChI is InChI=1S/C19H16Cl2N6O/c1-12-17(18(21)27(25-12)11-13-6-2-3-7-14(13)20)19(28)22-10-16-24-23-15-8-4-5-9-26(15)16/h2-9H,10-11H2,1H3,(H,22,28). The molecule has 0 saturated heterocycles. The van der Waals surface area contributed by atoms with Crippen molar-refractivity contribution >= 4 is 34.8 Å². The summed E-state index contributed by atoms with van der Waals surface area (Å²) in [5.74, 6) is 0.307. The van der Waals surface area contributed by atoms with Gasteiger partial charge in [0.1, 0.15) is 5.15 Å². The number of carbonyl (C=O) groups is 1. The topological polar surface area (TPSA) is 77.1 Å². The summed E-state index contributed by atoms with van der Waals surface area (Å²) >= 11 is 12.7. The summed E-state index contributed by atoms with van der Waals surface area (Å²) in [4.78, 5) is 12.7. The Morgan fingerprint density at radius 2 is 1.89 bits per heavy atom. The summed E-state index contributed by atoms with van der Waals surface area (Å²) in [5.41, 5.74) is 2.46. The zero-order valence-corrected chi connectivity index (χ0v) is 16.4. The van der Waals surface area contributed by atoms with E-state index >= 15 is 0 Å². The summed E-state index contributed by atoms with van der Waals surface area (Å²) in [6.45, 7) is 2.34. The van der Waals surface area contributed by atoms with Crippen LogP contribution in [0.2, 0.25) is 10.2 Å². The Balaban J connectivity index is 1.53.